The summed E-state index contributed by atoms with van der Waals surface area (Å²) < 4.78 is 0. The summed E-state index contributed by atoms with van der Waals surface area (Å²) in [5, 5.41) is 21.1. The van der Waals surface area contributed by atoms with Crippen LogP contribution in [-0.4, -0.2) is 36.9 Å². The number of hydrogen-bond donors (Lipinski definition) is 1. The Balaban J connectivity index is 2.76. The molecule has 0 spiro atoms. The third-order valence-electron chi connectivity index (χ3n) is 4.53. The van der Waals surface area contributed by atoms with Crippen molar-refractivity contribution in [3.8, 4) is 12.1 Å². The zero-order chi connectivity index (χ0) is 13.8. The predicted octanol–water partition coefficient (Wildman–Crippen LogP) is -0.366. The number of nitrogens with zero attached hydrogens (tertiary/aromatic N) is 3. The van der Waals surface area contributed by atoms with E-state index in [2.05, 4.69) is 5.32 Å². The summed E-state index contributed by atoms with van der Waals surface area (Å²) in [6.07, 6.45) is 0. The Kier molecular flexibility index (Phi) is 2.30. The monoisotopic (exact) mass is 246 g/mol. The second kappa shape index (κ2) is 3.30. The molecule has 2 heterocycles. The van der Waals surface area contributed by atoms with E-state index < -0.39 is 28.1 Å². The number of likely N-dealkylation sites (tertiary alicyclic amines) is 1. The van der Waals surface area contributed by atoms with Crippen LogP contribution in [0, 0.1) is 38.9 Å². The topological polar surface area (TPSA) is 97.0 Å². The summed E-state index contributed by atoms with van der Waals surface area (Å²) in [6.45, 7) is 3.75. The second-order valence-corrected chi connectivity index (χ2v) is 5.61. The van der Waals surface area contributed by atoms with E-state index >= 15 is 0 Å². The highest BCUT2D eigenvalue weighted by molar-refractivity contribution is 6.07. The van der Waals surface area contributed by atoms with Crippen molar-refractivity contribution < 1.29 is 9.59 Å². The number of fused-ring (bicyclic) bond motifs is 2. The van der Waals surface area contributed by atoms with Crippen LogP contribution in [0.5, 0.6) is 0 Å². The lowest BCUT2D eigenvalue weighted by Gasteiger charge is -2.57. The van der Waals surface area contributed by atoms with Gasteiger partial charge < -0.3 is 4.90 Å². The molecule has 0 aromatic rings. The lowest BCUT2D eigenvalue weighted by molar-refractivity contribution is -0.172. The molecule has 2 atom stereocenters. The molecule has 2 fully saturated rings. The first-order valence-corrected chi connectivity index (χ1v) is 5.64. The average Bonchev–Trinajstić information content (AvgIpc) is 2.29. The van der Waals surface area contributed by atoms with Crippen molar-refractivity contribution in [2.24, 2.45) is 16.2 Å². The van der Waals surface area contributed by atoms with Crippen molar-refractivity contribution in [1.82, 2.24) is 10.2 Å². The number of imide groups is 1. The first-order valence-electron chi connectivity index (χ1n) is 5.64. The quantitative estimate of drug-likeness (QED) is 0.588. The third kappa shape index (κ3) is 1.04. The molecule has 6 heteroatoms. The highest BCUT2D eigenvalue weighted by Crippen LogP contribution is 2.57. The average molecular weight is 246 g/mol. The van der Waals surface area contributed by atoms with E-state index in [1.807, 2.05) is 12.1 Å². The molecule has 6 nitrogen and oxygen atoms in total. The van der Waals surface area contributed by atoms with Crippen LogP contribution in [0.1, 0.15) is 13.8 Å². The minimum Gasteiger partial charge on any atom is -0.302 e. The molecule has 2 aliphatic rings. The fourth-order valence-electron chi connectivity index (χ4n) is 3.10. The van der Waals surface area contributed by atoms with Crippen LogP contribution in [0.25, 0.3) is 0 Å². The molecule has 0 saturated carbocycles. The Hall–Kier alpha value is -1.92. The number of carbonyl (C=O) groups is 2. The zero-order valence-electron chi connectivity index (χ0n) is 10.6. The summed E-state index contributed by atoms with van der Waals surface area (Å²) in [4.78, 5) is 25.9. The zero-order valence-corrected chi connectivity index (χ0v) is 10.6. The first-order chi connectivity index (χ1) is 8.27. The molecule has 18 heavy (non-hydrogen) atoms. The molecule has 0 aliphatic carbocycles. The SMILES string of the molecule is CN1CC2(C#N)C(=O)NC(=O)C(C#N)(C1)C2(C)C. The fourth-order valence-corrected chi connectivity index (χ4v) is 3.10. The third-order valence-corrected chi connectivity index (χ3v) is 4.53. The van der Waals surface area contributed by atoms with E-state index in [1.54, 1.807) is 25.8 Å². The van der Waals surface area contributed by atoms with E-state index in [9.17, 15) is 20.1 Å². The van der Waals surface area contributed by atoms with Gasteiger partial charge in [0.1, 0.15) is 0 Å². The van der Waals surface area contributed by atoms with Crippen molar-refractivity contribution in [2.75, 3.05) is 20.1 Å². The van der Waals surface area contributed by atoms with E-state index in [0.717, 1.165) is 0 Å². The molecule has 2 rings (SSSR count). The van der Waals surface area contributed by atoms with Crippen molar-refractivity contribution in [3.05, 3.63) is 0 Å². The Bertz CT molecular complexity index is 483. The molecule has 2 aliphatic heterocycles. The molecule has 2 unspecified atom stereocenters. The number of amides is 2. The van der Waals surface area contributed by atoms with Crippen molar-refractivity contribution in [3.63, 3.8) is 0 Å². The standard InChI is InChI=1S/C12H14N4O2/c1-10(2)11(4-13)6-16(3)7-12(10,5-14)9(18)15-8(11)17/h6-7H2,1-3H3,(H,15,17,18). The summed E-state index contributed by atoms with van der Waals surface area (Å²) >= 11 is 0. The predicted molar refractivity (Wildman–Crippen MR) is 60.5 cm³/mol. The number of piperidine rings is 2. The van der Waals surface area contributed by atoms with Crippen LogP contribution >= 0.6 is 0 Å². The molecule has 1 N–H and O–H groups in total. The Labute approximate surface area is 105 Å². The summed E-state index contributed by atoms with van der Waals surface area (Å²) in [7, 11) is 1.71. The van der Waals surface area contributed by atoms with E-state index in [1.165, 1.54) is 0 Å². The second-order valence-electron chi connectivity index (χ2n) is 5.61. The molecule has 2 amide bonds. The first kappa shape index (κ1) is 12.5. The van der Waals surface area contributed by atoms with Gasteiger partial charge >= 0.3 is 0 Å². The van der Waals surface area contributed by atoms with Crippen LogP contribution in [0.15, 0.2) is 0 Å². The molecule has 0 radical (unpaired) electrons. The van der Waals surface area contributed by atoms with Crippen molar-refractivity contribution >= 4 is 11.8 Å². The van der Waals surface area contributed by atoms with Gasteiger partial charge in [-0.3, -0.25) is 14.9 Å². The van der Waals surface area contributed by atoms with Crippen LogP contribution in [0.2, 0.25) is 0 Å². The van der Waals surface area contributed by atoms with Gasteiger partial charge in [-0.15, -0.1) is 0 Å². The van der Waals surface area contributed by atoms with Crippen LogP contribution in [0.4, 0.5) is 0 Å². The smallest absolute Gasteiger partial charge is 0.249 e. The van der Waals surface area contributed by atoms with Gasteiger partial charge in [-0.2, -0.15) is 10.5 Å². The van der Waals surface area contributed by atoms with Gasteiger partial charge in [-0.1, -0.05) is 13.8 Å². The van der Waals surface area contributed by atoms with Gasteiger partial charge in [0.05, 0.1) is 12.1 Å². The maximum Gasteiger partial charge on any atom is 0.249 e. The highest BCUT2D eigenvalue weighted by Gasteiger charge is 2.72. The van der Waals surface area contributed by atoms with E-state index in [0.29, 0.717) is 0 Å². The number of rotatable bonds is 0. The minimum absolute atomic E-state index is 0.221. The Morgan fingerprint density at radius 1 is 1.11 bits per heavy atom. The lowest BCUT2D eigenvalue weighted by atomic mass is 9.48. The van der Waals surface area contributed by atoms with E-state index in [-0.39, 0.29) is 13.1 Å². The molecule has 94 valence electrons. The van der Waals surface area contributed by atoms with Crippen LogP contribution in [-0.2, 0) is 9.59 Å². The van der Waals surface area contributed by atoms with Crippen molar-refractivity contribution in [1.29, 1.82) is 10.5 Å². The minimum atomic E-state index is -1.37. The Morgan fingerprint density at radius 2 is 1.50 bits per heavy atom. The van der Waals surface area contributed by atoms with Gasteiger partial charge in [-0.25, -0.2) is 0 Å². The molecular formula is C12H14N4O2. The number of hydrogen-bond acceptors (Lipinski definition) is 5. The molecule has 2 bridgehead atoms. The summed E-state index contributed by atoms with van der Waals surface area (Å²) in [6, 6.07) is 4.08. The number of nitriles is 2. The molecule has 0 aromatic carbocycles. The lowest BCUT2D eigenvalue weighted by Crippen LogP contribution is -2.75. The van der Waals surface area contributed by atoms with Gasteiger partial charge in [-0.05, 0) is 7.05 Å². The van der Waals surface area contributed by atoms with Gasteiger partial charge in [0, 0.05) is 18.5 Å². The summed E-state index contributed by atoms with van der Waals surface area (Å²) in [5.41, 5.74) is -3.76. The van der Waals surface area contributed by atoms with Gasteiger partial charge in [0.25, 0.3) is 0 Å². The van der Waals surface area contributed by atoms with Gasteiger partial charge in [0.2, 0.25) is 11.8 Å². The largest absolute Gasteiger partial charge is 0.302 e. The Morgan fingerprint density at radius 3 is 1.83 bits per heavy atom. The maximum absolute atomic E-state index is 12.1. The normalized spacial score (nSPS) is 38.5. The van der Waals surface area contributed by atoms with Gasteiger partial charge in [0.15, 0.2) is 10.8 Å². The number of carbonyl (C=O) groups excluding carboxylic acids is 2. The van der Waals surface area contributed by atoms with Crippen molar-refractivity contribution in [2.45, 2.75) is 13.8 Å². The number of nitrogens with one attached hydrogen (secondary N) is 1. The van der Waals surface area contributed by atoms with Crippen LogP contribution in [0.3, 0.4) is 0 Å². The van der Waals surface area contributed by atoms with Crippen LogP contribution < -0.4 is 5.32 Å². The summed E-state index contributed by atoms with van der Waals surface area (Å²) in [5.74, 6) is -1.20. The highest BCUT2D eigenvalue weighted by atomic mass is 16.2. The van der Waals surface area contributed by atoms with E-state index in [4.69, 9.17) is 0 Å². The molecular weight excluding hydrogens is 232 g/mol. The maximum atomic E-state index is 12.1. The molecule has 2 saturated heterocycles. The molecule has 0 aromatic heterocycles. The fraction of sp³-hybridized carbons (Fsp3) is 0.667.